The summed E-state index contributed by atoms with van der Waals surface area (Å²) in [4.78, 5) is 14.5. The van der Waals surface area contributed by atoms with Crippen molar-refractivity contribution >= 4 is 28.8 Å². The van der Waals surface area contributed by atoms with Gasteiger partial charge in [0.2, 0.25) is 0 Å². The first-order valence-electron chi connectivity index (χ1n) is 6.96. The molecule has 0 spiro atoms. The fraction of sp³-hybridized carbons (Fsp3) is 0.471. The number of carbonyl (C=O) groups is 1. The molecule has 0 aliphatic rings. The summed E-state index contributed by atoms with van der Waals surface area (Å²) < 4.78 is 0. The van der Waals surface area contributed by atoms with Gasteiger partial charge in [0.1, 0.15) is 0 Å². The standard InChI is InChI=1S/C17H25NO.BrH/c1-6-18(7-2)17(4,5)16(19)13-12-15-10-8-14(3)9-11-15;/h8-13H,6-7H2,1-5H3;1H/b13-12+;. The topological polar surface area (TPSA) is 20.3 Å². The van der Waals surface area contributed by atoms with E-state index in [4.69, 9.17) is 0 Å². The van der Waals surface area contributed by atoms with E-state index in [1.807, 2.05) is 32.1 Å². The lowest BCUT2D eigenvalue weighted by molar-refractivity contribution is -0.124. The van der Waals surface area contributed by atoms with Gasteiger partial charge in [-0.15, -0.1) is 17.0 Å². The summed E-state index contributed by atoms with van der Waals surface area (Å²) in [6.45, 7) is 12.0. The van der Waals surface area contributed by atoms with Crippen molar-refractivity contribution in [2.45, 2.75) is 40.2 Å². The molecule has 0 heterocycles. The number of benzene rings is 1. The summed E-state index contributed by atoms with van der Waals surface area (Å²) in [6.07, 6.45) is 3.59. The Hall–Kier alpha value is -0.930. The second kappa shape index (κ2) is 8.38. The van der Waals surface area contributed by atoms with Crippen molar-refractivity contribution in [1.82, 2.24) is 4.90 Å². The van der Waals surface area contributed by atoms with Crippen LogP contribution in [0.5, 0.6) is 0 Å². The second-order valence-corrected chi connectivity index (χ2v) is 5.34. The van der Waals surface area contributed by atoms with Crippen LogP contribution in [0.25, 0.3) is 6.08 Å². The maximum atomic E-state index is 12.3. The van der Waals surface area contributed by atoms with E-state index in [9.17, 15) is 4.79 Å². The molecule has 0 radical (unpaired) electrons. The van der Waals surface area contributed by atoms with Crippen LogP contribution >= 0.6 is 17.0 Å². The molecule has 0 saturated heterocycles. The van der Waals surface area contributed by atoms with Gasteiger partial charge in [-0.25, -0.2) is 0 Å². The molecular formula is C17H26BrNO. The third-order valence-corrected chi connectivity index (χ3v) is 3.66. The van der Waals surface area contributed by atoms with E-state index < -0.39 is 5.54 Å². The van der Waals surface area contributed by atoms with Gasteiger partial charge in [-0.3, -0.25) is 9.69 Å². The smallest absolute Gasteiger partial charge is 0.175 e. The highest BCUT2D eigenvalue weighted by atomic mass is 79.9. The van der Waals surface area contributed by atoms with Gasteiger partial charge in [-0.1, -0.05) is 49.8 Å². The third-order valence-electron chi connectivity index (χ3n) is 3.66. The first kappa shape index (κ1) is 19.1. The van der Waals surface area contributed by atoms with Crippen LogP contribution < -0.4 is 0 Å². The van der Waals surface area contributed by atoms with Gasteiger partial charge < -0.3 is 0 Å². The van der Waals surface area contributed by atoms with Gasteiger partial charge in [-0.2, -0.15) is 0 Å². The third kappa shape index (κ3) is 4.88. The first-order chi connectivity index (χ1) is 8.91. The summed E-state index contributed by atoms with van der Waals surface area (Å²) >= 11 is 0. The first-order valence-corrected chi connectivity index (χ1v) is 6.96. The summed E-state index contributed by atoms with van der Waals surface area (Å²) in [5.74, 6) is 0.150. The molecule has 0 aliphatic carbocycles. The number of hydrogen-bond acceptors (Lipinski definition) is 2. The predicted molar refractivity (Wildman–Crippen MR) is 92.5 cm³/mol. The Morgan fingerprint density at radius 2 is 1.65 bits per heavy atom. The molecule has 20 heavy (non-hydrogen) atoms. The molecule has 1 aromatic rings. The van der Waals surface area contributed by atoms with Crippen LogP contribution in [-0.2, 0) is 4.79 Å². The zero-order valence-corrected chi connectivity index (χ0v) is 14.9. The van der Waals surface area contributed by atoms with Crippen molar-refractivity contribution in [1.29, 1.82) is 0 Å². The van der Waals surface area contributed by atoms with E-state index in [1.165, 1.54) is 5.56 Å². The van der Waals surface area contributed by atoms with Crippen LogP contribution in [0.15, 0.2) is 30.3 Å². The SMILES string of the molecule is Br.CCN(CC)C(C)(C)C(=O)/C=C/c1ccc(C)cc1. The summed E-state index contributed by atoms with van der Waals surface area (Å²) in [5, 5.41) is 0. The number of aryl methyl sites for hydroxylation is 1. The molecule has 0 unspecified atom stereocenters. The van der Waals surface area contributed by atoms with Crippen LogP contribution in [0.4, 0.5) is 0 Å². The molecule has 0 aliphatic heterocycles. The maximum absolute atomic E-state index is 12.3. The van der Waals surface area contributed by atoms with Gasteiger partial charge in [0, 0.05) is 0 Å². The Bertz CT molecular complexity index is 445. The van der Waals surface area contributed by atoms with Crippen LogP contribution in [0.3, 0.4) is 0 Å². The number of ketones is 1. The van der Waals surface area contributed by atoms with Crippen LogP contribution in [0, 0.1) is 6.92 Å². The van der Waals surface area contributed by atoms with Crippen molar-refractivity contribution in [2.24, 2.45) is 0 Å². The van der Waals surface area contributed by atoms with Crippen LogP contribution in [0.1, 0.15) is 38.8 Å². The maximum Gasteiger partial charge on any atom is 0.175 e. The van der Waals surface area contributed by atoms with Crippen molar-refractivity contribution < 1.29 is 4.79 Å². The van der Waals surface area contributed by atoms with Crippen molar-refractivity contribution in [3.8, 4) is 0 Å². The predicted octanol–water partition coefficient (Wildman–Crippen LogP) is 4.28. The molecule has 1 rings (SSSR count). The lowest BCUT2D eigenvalue weighted by atomic mass is 9.95. The summed E-state index contributed by atoms with van der Waals surface area (Å²) in [5.41, 5.74) is 1.85. The van der Waals surface area contributed by atoms with E-state index >= 15 is 0 Å². The molecule has 0 N–H and O–H groups in total. The van der Waals surface area contributed by atoms with Crippen LogP contribution in [0.2, 0.25) is 0 Å². The minimum absolute atomic E-state index is 0. The molecule has 0 aromatic heterocycles. The average Bonchev–Trinajstić information content (AvgIpc) is 2.38. The second-order valence-electron chi connectivity index (χ2n) is 5.34. The number of hydrogen-bond donors (Lipinski definition) is 0. The summed E-state index contributed by atoms with van der Waals surface area (Å²) in [6, 6.07) is 8.17. The zero-order chi connectivity index (χ0) is 14.5. The fourth-order valence-corrected chi connectivity index (χ4v) is 2.22. The number of carbonyl (C=O) groups excluding carboxylic acids is 1. The fourth-order valence-electron chi connectivity index (χ4n) is 2.22. The molecular weight excluding hydrogens is 314 g/mol. The number of rotatable bonds is 6. The Morgan fingerprint density at radius 3 is 2.10 bits per heavy atom. The highest BCUT2D eigenvalue weighted by Gasteiger charge is 2.30. The average molecular weight is 340 g/mol. The van der Waals surface area contributed by atoms with E-state index in [1.54, 1.807) is 6.08 Å². The highest BCUT2D eigenvalue weighted by Crippen LogP contribution is 2.16. The van der Waals surface area contributed by atoms with E-state index in [0.717, 1.165) is 18.7 Å². The lowest BCUT2D eigenvalue weighted by Crippen LogP contribution is -2.49. The van der Waals surface area contributed by atoms with E-state index in [2.05, 4.69) is 37.8 Å². The normalized spacial score (nSPS) is 11.7. The molecule has 2 nitrogen and oxygen atoms in total. The van der Waals surface area contributed by atoms with Gasteiger partial charge in [0.25, 0.3) is 0 Å². The monoisotopic (exact) mass is 339 g/mol. The largest absolute Gasteiger partial charge is 0.293 e. The molecule has 112 valence electrons. The van der Waals surface area contributed by atoms with Gasteiger partial charge in [0.15, 0.2) is 5.78 Å². The summed E-state index contributed by atoms with van der Waals surface area (Å²) in [7, 11) is 0. The highest BCUT2D eigenvalue weighted by molar-refractivity contribution is 8.93. The van der Waals surface area contributed by atoms with Gasteiger partial charge in [-0.05, 0) is 45.5 Å². The molecule has 0 saturated carbocycles. The van der Waals surface area contributed by atoms with Crippen LogP contribution in [-0.4, -0.2) is 29.3 Å². The molecule has 0 atom stereocenters. The zero-order valence-electron chi connectivity index (χ0n) is 13.1. The number of nitrogens with zero attached hydrogens (tertiary/aromatic N) is 1. The molecule has 0 fully saturated rings. The molecule has 1 aromatic carbocycles. The minimum Gasteiger partial charge on any atom is -0.293 e. The van der Waals surface area contributed by atoms with Crippen molar-refractivity contribution in [3.63, 3.8) is 0 Å². The van der Waals surface area contributed by atoms with Crippen molar-refractivity contribution in [3.05, 3.63) is 41.5 Å². The number of likely N-dealkylation sites (N-methyl/N-ethyl adjacent to an activating group) is 1. The van der Waals surface area contributed by atoms with E-state index in [0.29, 0.717) is 0 Å². The Labute approximate surface area is 133 Å². The minimum atomic E-state index is -0.440. The number of halogens is 1. The van der Waals surface area contributed by atoms with Gasteiger partial charge >= 0.3 is 0 Å². The quantitative estimate of drug-likeness (QED) is 0.721. The van der Waals surface area contributed by atoms with Gasteiger partial charge in [0.05, 0.1) is 5.54 Å². The molecule has 3 heteroatoms. The Kier molecular flexibility index (Phi) is 7.99. The van der Waals surface area contributed by atoms with E-state index in [-0.39, 0.29) is 22.8 Å². The molecule has 0 amide bonds. The lowest BCUT2D eigenvalue weighted by Gasteiger charge is -2.34. The van der Waals surface area contributed by atoms with Crippen molar-refractivity contribution in [2.75, 3.05) is 13.1 Å². The Morgan fingerprint density at radius 1 is 1.15 bits per heavy atom. The molecule has 0 bridgehead atoms. The Balaban J connectivity index is 0.00000361.